The van der Waals surface area contributed by atoms with E-state index in [4.69, 9.17) is 16.3 Å². The van der Waals surface area contributed by atoms with Crippen molar-refractivity contribution < 1.29 is 19.1 Å². The van der Waals surface area contributed by atoms with E-state index in [9.17, 15) is 14.4 Å². The summed E-state index contributed by atoms with van der Waals surface area (Å²) in [6.07, 6.45) is 0. The number of aryl methyl sites for hydroxylation is 1. The first kappa shape index (κ1) is 20.5. The normalized spacial score (nSPS) is 11.4. The van der Waals surface area contributed by atoms with Crippen LogP contribution in [0.5, 0.6) is 0 Å². The molecule has 0 aliphatic heterocycles. The Labute approximate surface area is 162 Å². The van der Waals surface area contributed by atoms with Crippen LogP contribution in [0.4, 0.5) is 0 Å². The van der Waals surface area contributed by atoms with Crippen molar-refractivity contribution in [2.45, 2.75) is 26.4 Å². The Bertz CT molecular complexity index is 838. The fourth-order valence-corrected chi connectivity index (χ4v) is 2.48. The van der Waals surface area contributed by atoms with Gasteiger partial charge < -0.3 is 15.4 Å². The molecule has 0 fully saturated rings. The van der Waals surface area contributed by atoms with Gasteiger partial charge in [-0.25, -0.2) is 4.79 Å². The Morgan fingerprint density at radius 3 is 2.56 bits per heavy atom. The molecule has 0 unspecified atom stereocenters. The summed E-state index contributed by atoms with van der Waals surface area (Å²) in [6.45, 7) is 3.16. The zero-order valence-corrected chi connectivity index (χ0v) is 15.9. The van der Waals surface area contributed by atoms with Gasteiger partial charge in [0, 0.05) is 17.1 Å². The fourth-order valence-electron chi connectivity index (χ4n) is 2.27. The SMILES string of the molecule is Cc1cccc(C(=O)N[C@@H](C)C(=O)OCC(=O)NCc2ccccc2Cl)c1. The second kappa shape index (κ2) is 9.73. The highest BCUT2D eigenvalue weighted by atomic mass is 35.5. The minimum absolute atomic E-state index is 0.232. The molecule has 2 aromatic rings. The van der Waals surface area contributed by atoms with Crippen molar-refractivity contribution in [3.05, 3.63) is 70.2 Å². The Morgan fingerprint density at radius 2 is 1.85 bits per heavy atom. The van der Waals surface area contributed by atoms with Crippen molar-refractivity contribution >= 4 is 29.4 Å². The molecule has 0 spiro atoms. The number of carbonyl (C=O) groups excluding carboxylic acids is 3. The average Bonchev–Trinajstić information content (AvgIpc) is 2.65. The van der Waals surface area contributed by atoms with E-state index < -0.39 is 24.5 Å². The molecule has 7 heteroatoms. The van der Waals surface area contributed by atoms with Crippen molar-refractivity contribution in [1.29, 1.82) is 0 Å². The molecule has 2 aromatic carbocycles. The van der Waals surface area contributed by atoms with Gasteiger partial charge in [-0.2, -0.15) is 0 Å². The monoisotopic (exact) mass is 388 g/mol. The lowest BCUT2D eigenvalue weighted by atomic mass is 10.1. The van der Waals surface area contributed by atoms with Crippen LogP contribution < -0.4 is 10.6 Å². The lowest BCUT2D eigenvalue weighted by molar-refractivity contribution is -0.150. The second-order valence-corrected chi connectivity index (χ2v) is 6.45. The van der Waals surface area contributed by atoms with Crippen LogP contribution in [-0.2, 0) is 20.9 Å². The van der Waals surface area contributed by atoms with Crippen LogP contribution >= 0.6 is 11.6 Å². The highest BCUT2D eigenvalue weighted by Gasteiger charge is 2.19. The van der Waals surface area contributed by atoms with E-state index in [0.717, 1.165) is 11.1 Å². The summed E-state index contributed by atoms with van der Waals surface area (Å²) in [5.74, 6) is -1.53. The number of ether oxygens (including phenoxy) is 1. The first-order valence-electron chi connectivity index (χ1n) is 8.41. The Kier molecular flexibility index (Phi) is 7.37. The van der Waals surface area contributed by atoms with Gasteiger partial charge in [0.2, 0.25) is 0 Å². The smallest absolute Gasteiger partial charge is 0.328 e. The number of rotatable bonds is 7. The summed E-state index contributed by atoms with van der Waals surface area (Å²) in [5.41, 5.74) is 2.15. The maximum atomic E-state index is 12.1. The van der Waals surface area contributed by atoms with Crippen molar-refractivity contribution in [2.75, 3.05) is 6.61 Å². The lowest BCUT2D eigenvalue weighted by Gasteiger charge is -2.14. The maximum Gasteiger partial charge on any atom is 0.328 e. The summed E-state index contributed by atoms with van der Waals surface area (Å²) in [5, 5.41) is 5.71. The summed E-state index contributed by atoms with van der Waals surface area (Å²) in [6, 6.07) is 13.2. The van der Waals surface area contributed by atoms with Crippen LogP contribution in [-0.4, -0.2) is 30.4 Å². The maximum absolute atomic E-state index is 12.1. The number of hydrogen-bond donors (Lipinski definition) is 2. The van der Waals surface area contributed by atoms with Crippen LogP contribution in [0.1, 0.15) is 28.4 Å². The summed E-state index contributed by atoms with van der Waals surface area (Å²) < 4.78 is 4.95. The van der Waals surface area contributed by atoms with E-state index in [1.54, 1.807) is 36.4 Å². The zero-order valence-electron chi connectivity index (χ0n) is 15.1. The number of halogens is 1. The van der Waals surface area contributed by atoms with E-state index in [1.165, 1.54) is 6.92 Å². The average molecular weight is 389 g/mol. The van der Waals surface area contributed by atoms with Crippen LogP contribution in [0.2, 0.25) is 5.02 Å². The molecule has 2 amide bonds. The first-order chi connectivity index (χ1) is 12.9. The van der Waals surface area contributed by atoms with Crippen molar-refractivity contribution in [3.8, 4) is 0 Å². The summed E-state index contributed by atoms with van der Waals surface area (Å²) in [4.78, 5) is 35.9. The molecular weight excluding hydrogens is 368 g/mol. The first-order valence-corrected chi connectivity index (χ1v) is 8.79. The van der Waals surface area contributed by atoms with Gasteiger partial charge in [0.25, 0.3) is 11.8 Å². The Hall–Kier alpha value is -2.86. The molecule has 0 aliphatic carbocycles. The van der Waals surface area contributed by atoms with E-state index in [-0.39, 0.29) is 12.5 Å². The molecule has 142 valence electrons. The molecule has 0 heterocycles. The molecule has 0 aromatic heterocycles. The minimum atomic E-state index is -0.880. The van der Waals surface area contributed by atoms with E-state index in [1.807, 2.05) is 19.1 Å². The minimum Gasteiger partial charge on any atom is -0.454 e. The molecule has 0 radical (unpaired) electrons. The third kappa shape index (κ3) is 6.42. The summed E-state index contributed by atoms with van der Waals surface area (Å²) in [7, 11) is 0. The van der Waals surface area contributed by atoms with Gasteiger partial charge in [-0.3, -0.25) is 9.59 Å². The standard InChI is InChI=1S/C20H21ClN2O4/c1-13-6-5-8-15(10-13)19(25)23-14(2)20(26)27-12-18(24)22-11-16-7-3-4-9-17(16)21/h3-10,14H,11-12H2,1-2H3,(H,22,24)(H,23,25)/t14-/m0/s1. The lowest BCUT2D eigenvalue weighted by Crippen LogP contribution is -2.41. The molecular formula is C20H21ClN2O4. The van der Waals surface area contributed by atoms with Gasteiger partial charge >= 0.3 is 5.97 Å². The van der Waals surface area contributed by atoms with Gasteiger partial charge in [0.05, 0.1) is 0 Å². The van der Waals surface area contributed by atoms with Gasteiger partial charge in [-0.15, -0.1) is 0 Å². The number of benzene rings is 2. The molecule has 0 saturated carbocycles. The Morgan fingerprint density at radius 1 is 1.11 bits per heavy atom. The second-order valence-electron chi connectivity index (χ2n) is 6.04. The van der Waals surface area contributed by atoms with Crippen molar-refractivity contribution in [1.82, 2.24) is 10.6 Å². The zero-order chi connectivity index (χ0) is 19.8. The largest absolute Gasteiger partial charge is 0.454 e. The topological polar surface area (TPSA) is 84.5 Å². The van der Waals surface area contributed by atoms with Crippen molar-refractivity contribution in [3.63, 3.8) is 0 Å². The number of esters is 1. The van der Waals surface area contributed by atoms with Gasteiger partial charge in [-0.05, 0) is 37.6 Å². The highest BCUT2D eigenvalue weighted by Crippen LogP contribution is 2.14. The number of hydrogen-bond acceptors (Lipinski definition) is 4. The molecule has 2 rings (SSSR count). The third-order valence-corrected chi connectivity index (χ3v) is 4.13. The van der Waals surface area contributed by atoms with Crippen LogP contribution in [0.25, 0.3) is 0 Å². The number of nitrogens with one attached hydrogen (secondary N) is 2. The molecule has 2 N–H and O–H groups in total. The van der Waals surface area contributed by atoms with E-state index in [0.29, 0.717) is 10.6 Å². The predicted octanol–water partition coefficient (Wildman–Crippen LogP) is 2.63. The molecule has 0 saturated heterocycles. The number of amides is 2. The third-order valence-electron chi connectivity index (χ3n) is 3.76. The van der Waals surface area contributed by atoms with Crippen LogP contribution in [0, 0.1) is 6.92 Å². The highest BCUT2D eigenvalue weighted by molar-refractivity contribution is 6.31. The van der Waals surface area contributed by atoms with Crippen LogP contribution in [0.15, 0.2) is 48.5 Å². The van der Waals surface area contributed by atoms with E-state index >= 15 is 0 Å². The Balaban J connectivity index is 1.76. The molecule has 27 heavy (non-hydrogen) atoms. The summed E-state index contributed by atoms with van der Waals surface area (Å²) >= 11 is 6.01. The van der Waals surface area contributed by atoms with E-state index in [2.05, 4.69) is 10.6 Å². The predicted molar refractivity (Wildman–Crippen MR) is 102 cm³/mol. The quantitative estimate of drug-likeness (QED) is 0.714. The van der Waals surface area contributed by atoms with Gasteiger partial charge in [-0.1, -0.05) is 47.5 Å². The van der Waals surface area contributed by atoms with Crippen molar-refractivity contribution in [2.24, 2.45) is 0 Å². The van der Waals surface area contributed by atoms with Crippen LogP contribution in [0.3, 0.4) is 0 Å². The molecule has 0 aliphatic rings. The molecule has 0 bridgehead atoms. The number of carbonyl (C=O) groups is 3. The molecule has 6 nitrogen and oxygen atoms in total. The van der Waals surface area contributed by atoms with Gasteiger partial charge in [0.1, 0.15) is 6.04 Å². The molecule has 1 atom stereocenters. The van der Waals surface area contributed by atoms with Gasteiger partial charge in [0.15, 0.2) is 6.61 Å². The fraction of sp³-hybridized carbons (Fsp3) is 0.250.